The first-order valence-corrected chi connectivity index (χ1v) is 29.6. The van der Waals surface area contributed by atoms with Crippen molar-refractivity contribution in [3.05, 3.63) is 243 Å². The summed E-state index contributed by atoms with van der Waals surface area (Å²) in [7, 11) is 1.70. The molecule has 81 heavy (non-hydrogen) atoms. The van der Waals surface area contributed by atoms with E-state index < -0.39 is 11.0 Å². The van der Waals surface area contributed by atoms with E-state index in [9.17, 15) is 9.59 Å². The minimum Gasteiger partial charge on any atom is -0.497 e. The molecule has 2 aliphatic carbocycles. The average Bonchev–Trinajstić information content (AvgIpc) is 3.99. The van der Waals surface area contributed by atoms with Gasteiger partial charge in [0.25, 0.3) is 0 Å². The lowest BCUT2D eigenvalue weighted by atomic mass is 9.75. The molecule has 0 aromatic heterocycles. The lowest BCUT2D eigenvalue weighted by Crippen LogP contribution is -2.35. The molecule has 1 heterocycles. The quantitative estimate of drug-likeness (QED) is 0.0715. The fraction of sp³-hybridized carbons (Fsp3) is 0.273. The van der Waals surface area contributed by atoms with Crippen LogP contribution < -0.4 is 9.47 Å². The molecule has 9 aromatic rings. The van der Waals surface area contributed by atoms with Crippen LogP contribution in [0.1, 0.15) is 151 Å². The van der Waals surface area contributed by atoms with Gasteiger partial charge >= 0.3 is 0 Å². The Bertz CT molecular complexity index is 3830. The molecule has 0 radical (unpaired) electrons. The lowest BCUT2D eigenvalue weighted by Gasteiger charge is -2.38. The molecule has 4 nitrogen and oxygen atoms in total. The summed E-state index contributed by atoms with van der Waals surface area (Å²) in [5.74, 6) is 3.48. The molecule has 0 amide bonds. The topological polar surface area (TPSA) is 52.6 Å². The third-order valence-electron chi connectivity index (χ3n) is 18.2. The van der Waals surface area contributed by atoms with Crippen LogP contribution in [0.15, 0.2) is 182 Å². The standard InChI is InChI=1S/C77H74O4/c1-8-9-10-11-52-15-21-55(22-16-52)56-27-29-57(30-28-56)58-31-33-61(34-32-58)71(79)46-54-17-23-59(24-18-54)62-47-68(60-25-19-53(20-26-60)45-51(4)78)73-70(48-62)72-66-41-14-50(3)44-69(66)75-67(74(72)76(73,5)6)42-43-77(81-75,63-35-12-49(2)13-36-63)64-37-39-65(80-7)40-38-64/h12-14,17-20,23-44,47-48,52,55H,8-11,15-16,21-22,45-46H2,1-7H3. The van der Waals surface area contributed by atoms with Gasteiger partial charge in [0.2, 0.25) is 0 Å². The summed E-state index contributed by atoms with van der Waals surface area (Å²) < 4.78 is 13.3. The van der Waals surface area contributed by atoms with Crippen LogP contribution >= 0.6 is 0 Å². The number of Topliss-reactive ketones (excluding diaryl/α,β-unsaturated/α-hetero) is 2. The van der Waals surface area contributed by atoms with E-state index in [-0.39, 0.29) is 11.6 Å². The highest BCUT2D eigenvalue weighted by Gasteiger charge is 2.46. The van der Waals surface area contributed by atoms with E-state index in [1.807, 2.05) is 24.3 Å². The zero-order valence-corrected chi connectivity index (χ0v) is 48.3. The molecule has 0 bridgehead atoms. The number of ketones is 2. The van der Waals surface area contributed by atoms with Crippen LogP contribution in [0.3, 0.4) is 0 Å². The highest BCUT2D eigenvalue weighted by Crippen LogP contribution is 2.61. The number of fused-ring (bicyclic) bond motifs is 8. The zero-order valence-electron chi connectivity index (χ0n) is 48.3. The van der Waals surface area contributed by atoms with Gasteiger partial charge in [0.15, 0.2) is 11.4 Å². The van der Waals surface area contributed by atoms with E-state index in [4.69, 9.17) is 9.47 Å². The number of benzene rings is 9. The normalized spacial score (nSPS) is 17.7. The third-order valence-corrected chi connectivity index (χ3v) is 18.2. The molecular formula is C77H74O4. The fourth-order valence-electron chi connectivity index (χ4n) is 13.8. The van der Waals surface area contributed by atoms with Gasteiger partial charge in [-0.05, 0) is 172 Å². The molecule has 1 unspecified atom stereocenters. The van der Waals surface area contributed by atoms with Gasteiger partial charge in [0.05, 0.1) is 7.11 Å². The number of aryl methyl sites for hydroxylation is 2. The number of ether oxygens (including phenoxy) is 2. The average molecular weight is 1060 g/mol. The van der Waals surface area contributed by atoms with E-state index in [2.05, 4.69) is 198 Å². The molecule has 12 rings (SSSR count). The van der Waals surface area contributed by atoms with Crippen LogP contribution in [0.4, 0.5) is 0 Å². The van der Waals surface area contributed by atoms with Crippen LogP contribution in [-0.2, 0) is 28.7 Å². The third kappa shape index (κ3) is 10.3. The summed E-state index contributed by atoms with van der Waals surface area (Å²) in [5, 5.41) is 2.21. The second kappa shape index (κ2) is 22.1. The molecule has 0 spiro atoms. The number of hydrogen-bond acceptors (Lipinski definition) is 4. The van der Waals surface area contributed by atoms with Crippen molar-refractivity contribution in [2.75, 3.05) is 7.11 Å². The predicted molar refractivity (Wildman–Crippen MR) is 335 cm³/mol. The van der Waals surface area contributed by atoms with E-state index in [1.165, 1.54) is 90.3 Å². The Morgan fingerprint density at radius 3 is 1.80 bits per heavy atom. The molecule has 1 aliphatic heterocycles. The molecule has 3 aliphatic rings. The Kier molecular flexibility index (Phi) is 14.6. The molecule has 0 saturated heterocycles. The smallest absolute Gasteiger partial charge is 0.178 e. The molecule has 1 saturated carbocycles. The summed E-state index contributed by atoms with van der Waals surface area (Å²) in [6, 6.07) is 63.0. The molecular weight excluding hydrogens is 989 g/mol. The fourth-order valence-corrected chi connectivity index (χ4v) is 13.8. The molecule has 9 aromatic carbocycles. The monoisotopic (exact) mass is 1060 g/mol. The Hall–Kier alpha value is -8.08. The van der Waals surface area contributed by atoms with E-state index in [1.54, 1.807) is 14.0 Å². The Morgan fingerprint density at radius 1 is 0.580 bits per heavy atom. The predicted octanol–water partition coefficient (Wildman–Crippen LogP) is 19.5. The highest BCUT2D eigenvalue weighted by atomic mass is 16.5. The highest BCUT2D eigenvalue weighted by molar-refractivity contribution is 6.10. The molecule has 0 N–H and O–H groups in total. The first kappa shape index (κ1) is 53.6. The molecule has 1 atom stereocenters. The lowest BCUT2D eigenvalue weighted by molar-refractivity contribution is -0.116. The second-order valence-electron chi connectivity index (χ2n) is 24.2. The van der Waals surface area contributed by atoms with Gasteiger partial charge in [-0.15, -0.1) is 0 Å². The summed E-state index contributed by atoms with van der Waals surface area (Å²) in [6.45, 7) is 12.9. The van der Waals surface area contributed by atoms with Crippen LogP contribution in [0.25, 0.3) is 61.4 Å². The minimum atomic E-state index is -0.909. The number of unbranched alkanes of at least 4 members (excludes halogenated alkanes) is 2. The maximum atomic E-state index is 13.9. The van der Waals surface area contributed by atoms with Crippen molar-refractivity contribution < 1.29 is 19.1 Å². The van der Waals surface area contributed by atoms with Crippen molar-refractivity contribution in [1.82, 2.24) is 0 Å². The van der Waals surface area contributed by atoms with Gasteiger partial charge in [-0.2, -0.15) is 0 Å². The summed E-state index contributed by atoms with van der Waals surface area (Å²) in [4.78, 5) is 26.2. The van der Waals surface area contributed by atoms with Crippen molar-refractivity contribution in [3.8, 4) is 56.0 Å². The largest absolute Gasteiger partial charge is 0.497 e. The molecule has 4 heteroatoms. The van der Waals surface area contributed by atoms with Crippen LogP contribution in [0.2, 0.25) is 0 Å². The number of methoxy groups -OCH3 is 1. The van der Waals surface area contributed by atoms with Crippen LogP contribution in [0, 0.1) is 19.8 Å². The summed E-state index contributed by atoms with van der Waals surface area (Å²) >= 11 is 0. The maximum absolute atomic E-state index is 13.9. The zero-order chi connectivity index (χ0) is 56.0. The van der Waals surface area contributed by atoms with Gasteiger partial charge in [0, 0.05) is 45.9 Å². The van der Waals surface area contributed by atoms with Crippen LogP contribution in [0.5, 0.6) is 11.5 Å². The van der Waals surface area contributed by atoms with E-state index in [0.29, 0.717) is 18.8 Å². The Labute approximate surface area is 479 Å². The minimum absolute atomic E-state index is 0.102. The van der Waals surface area contributed by atoms with Gasteiger partial charge in [-0.25, -0.2) is 0 Å². The van der Waals surface area contributed by atoms with Crippen molar-refractivity contribution in [2.24, 2.45) is 5.92 Å². The second-order valence-corrected chi connectivity index (χ2v) is 24.2. The Morgan fingerprint density at radius 2 is 1.16 bits per heavy atom. The van der Waals surface area contributed by atoms with Crippen molar-refractivity contribution >= 4 is 28.4 Å². The van der Waals surface area contributed by atoms with E-state index in [0.717, 1.165) is 95.0 Å². The molecule has 1 fully saturated rings. The van der Waals surface area contributed by atoms with Gasteiger partial charge in [-0.3, -0.25) is 9.59 Å². The number of rotatable bonds is 16. The van der Waals surface area contributed by atoms with Gasteiger partial charge in [-0.1, -0.05) is 209 Å². The van der Waals surface area contributed by atoms with Crippen LogP contribution in [-0.4, -0.2) is 18.7 Å². The van der Waals surface area contributed by atoms with Gasteiger partial charge in [0.1, 0.15) is 17.3 Å². The number of carbonyl (C=O) groups excluding carboxylic acids is 2. The molecule has 406 valence electrons. The van der Waals surface area contributed by atoms with Gasteiger partial charge < -0.3 is 9.47 Å². The Balaban J connectivity index is 0.873. The SMILES string of the molecule is CCCCCC1CCC(c2ccc(-c3ccc(C(=O)Cc4ccc(-c5cc(-c6ccc(CC(C)=O)cc6)c6c(c5)-c5c(c7c(c8cc(C)ccc58)OC(c5ccc(C)cc5)(c5ccc(OC)cc5)C=C7)C6(C)C)cc4)cc3)cc2)CC1. The first-order valence-electron chi connectivity index (χ1n) is 29.6. The first-order chi connectivity index (χ1) is 39.3. The van der Waals surface area contributed by atoms with Crippen molar-refractivity contribution in [3.63, 3.8) is 0 Å². The number of carbonyl (C=O) groups is 2. The van der Waals surface area contributed by atoms with E-state index >= 15 is 0 Å². The van der Waals surface area contributed by atoms with Crippen molar-refractivity contribution in [1.29, 1.82) is 0 Å². The summed E-state index contributed by atoms with van der Waals surface area (Å²) in [6.07, 6.45) is 16.1. The number of hydrogen-bond donors (Lipinski definition) is 0. The van der Waals surface area contributed by atoms with Crippen molar-refractivity contribution in [2.45, 2.75) is 123 Å². The maximum Gasteiger partial charge on any atom is 0.178 e. The summed E-state index contributed by atoms with van der Waals surface area (Å²) in [5.41, 5.74) is 19.9.